The highest BCUT2D eigenvalue weighted by Gasteiger charge is 2.31. The van der Waals surface area contributed by atoms with Crippen LogP contribution in [-0.2, 0) is 20.5 Å². The molecule has 2 aromatic rings. The first-order valence-corrected chi connectivity index (χ1v) is 9.77. The molecule has 0 radical (unpaired) electrons. The summed E-state index contributed by atoms with van der Waals surface area (Å²) in [5.41, 5.74) is 4.56. The SMILES string of the molecule is CSc1nc(N)nc(N[C@@H](COC(C)=O)C(=O)Nc2cccc(C(F)(F)F)c2)c1C#N. The lowest BCUT2D eigenvalue weighted by Gasteiger charge is -2.20. The lowest BCUT2D eigenvalue weighted by molar-refractivity contribution is -0.142. The van der Waals surface area contributed by atoms with Gasteiger partial charge in [0.1, 0.15) is 29.3 Å². The second kappa shape index (κ2) is 9.98. The van der Waals surface area contributed by atoms with Crippen LogP contribution in [0, 0.1) is 11.3 Å². The molecule has 164 valence electrons. The summed E-state index contributed by atoms with van der Waals surface area (Å²) in [7, 11) is 0. The lowest BCUT2D eigenvalue weighted by Crippen LogP contribution is -2.39. The summed E-state index contributed by atoms with van der Waals surface area (Å²) < 4.78 is 43.6. The van der Waals surface area contributed by atoms with Gasteiger partial charge in [-0.3, -0.25) is 9.59 Å². The fourth-order valence-electron chi connectivity index (χ4n) is 2.36. The Balaban J connectivity index is 2.33. The van der Waals surface area contributed by atoms with Gasteiger partial charge in [0, 0.05) is 12.6 Å². The van der Waals surface area contributed by atoms with Crippen LogP contribution in [0.15, 0.2) is 29.3 Å². The van der Waals surface area contributed by atoms with Crippen LogP contribution in [0.1, 0.15) is 18.1 Å². The minimum atomic E-state index is -4.59. The number of nitrogens with zero attached hydrogens (tertiary/aromatic N) is 3. The molecular formula is C18H17F3N6O3S. The molecule has 2 rings (SSSR count). The molecule has 0 aliphatic carbocycles. The maximum Gasteiger partial charge on any atom is 0.416 e. The number of hydrogen-bond acceptors (Lipinski definition) is 9. The molecule has 31 heavy (non-hydrogen) atoms. The van der Waals surface area contributed by atoms with Gasteiger partial charge in [-0.2, -0.15) is 23.4 Å². The molecule has 1 amide bonds. The molecular weight excluding hydrogens is 437 g/mol. The molecule has 1 heterocycles. The maximum atomic E-state index is 12.9. The van der Waals surface area contributed by atoms with Crippen LogP contribution >= 0.6 is 11.8 Å². The van der Waals surface area contributed by atoms with Crippen LogP contribution in [0.2, 0.25) is 0 Å². The van der Waals surface area contributed by atoms with E-state index in [0.29, 0.717) is 0 Å². The number of alkyl halides is 3. The number of benzene rings is 1. The lowest BCUT2D eigenvalue weighted by atomic mass is 10.2. The summed E-state index contributed by atoms with van der Waals surface area (Å²) in [5.74, 6) is -1.77. The summed E-state index contributed by atoms with van der Waals surface area (Å²) in [6.07, 6.45) is -2.94. The predicted octanol–water partition coefficient (Wildman–Crippen LogP) is 2.65. The number of carbonyl (C=O) groups excluding carboxylic acids is 2. The number of nitrogen functional groups attached to an aromatic ring is 1. The Bertz CT molecular complexity index is 1030. The first-order valence-electron chi connectivity index (χ1n) is 8.54. The van der Waals surface area contributed by atoms with Crippen molar-refractivity contribution in [3.8, 4) is 6.07 Å². The van der Waals surface area contributed by atoms with Gasteiger partial charge in [0.2, 0.25) is 11.9 Å². The van der Waals surface area contributed by atoms with E-state index in [2.05, 4.69) is 20.6 Å². The number of amides is 1. The minimum Gasteiger partial charge on any atom is -0.463 e. The highest BCUT2D eigenvalue weighted by atomic mass is 32.2. The monoisotopic (exact) mass is 454 g/mol. The molecule has 1 atom stereocenters. The number of hydrogen-bond donors (Lipinski definition) is 3. The average molecular weight is 454 g/mol. The van der Waals surface area contributed by atoms with Gasteiger partial charge < -0.3 is 21.1 Å². The van der Waals surface area contributed by atoms with E-state index in [4.69, 9.17) is 10.5 Å². The van der Waals surface area contributed by atoms with Gasteiger partial charge in [0.15, 0.2) is 5.82 Å². The molecule has 1 aromatic carbocycles. The van der Waals surface area contributed by atoms with Crippen molar-refractivity contribution < 1.29 is 27.5 Å². The Labute approximate surface area is 179 Å². The third kappa shape index (κ3) is 6.48. The first-order chi connectivity index (χ1) is 14.5. The summed E-state index contributed by atoms with van der Waals surface area (Å²) in [6, 6.07) is 4.62. The average Bonchev–Trinajstić information content (AvgIpc) is 2.69. The van der Waals surface area contributed by atoms with Gasteiger partial charge in [-0.25, -0.2) is 4.98 Å². The molecule has 0 saturated carbocycles. The van der Waals surface area contributed by atoms with Crippen molar-refractivity contribution in [1.29, 1.82) is 5.26 Å². The Kier molecular flexibility index (Phi) is 7.65. The number of ether oxygens (including phenoxy) is 1. The largest absolute Gasteiger partial charge is 0.463 e. The number of rotatable bonds is 7. The molecule has 0 spiro atoms. The van der Waals surface area contributed by atoms with Crippen LogP contribution in [0.5, 0.6) is 0 Å². The van der Waals surface area contributed by atoms with E-state index < -0.39 is 36.3 Å². The number of thioether (sulfide) groups is 1. The predicted molar refractivity (Wildman–Crippen MR) is 107 cm³/mol. The van der Waals surface area contributed by atoms with Crippen molar-refractivity contribution in [1.82, 2.24) is 9.97 Å². The van der Waals surface area contributed by atoms with Crippen LogP contribution in [0.25, 0.3) is 0 Å². The molecule has 4 N–H and O–H groups in total. The highest BCUT2D eigenvalue weighted by Crippen LogP contribution is 2.31. The van der Waals surface area contributed by atoms with E-state index in [1.54, 1.807) is 6.26 Å². The fourth-order valence-corrected chi connectivity index (χ4v) is 2.89. The minimum absolute atomic E-state index is 0.00129. The van der Waals surface area contributed by atoms with Crippen molar-refractivity contribution in [3.63, 3.8) is 0 Å². The van der Waals surface area contributed by atoms with Gasteiger partial charge in [0.25, 0.3) is 0 Å². The number of nitriles is 1. The summed E-state index contributed by atoms with van der Waals surface area (Å²) >= 11 is 1.12. The van der Waals surface area contributed by atoms with Crippen molar-refractivity contribution >= 4 is 41.1 Å². The molecule has 13 heteroatoms. The molecule has 0 fully saturated rings. The quantitative estimate of drug-likeness (QED) is 0.327. The van der Waals surface area contributed by atoms with E-state index in [9.17, 15) is 28.0 Å². The number of carbonyl (C=O) groups is 2. The Morgan fingerprint density at radius 3 is 2.65 bits per heavy atom. The molecule has 0 unspecified atom stereocenters. The Morgan fingerprint density at radius 1 is 1.35 bits per heavy atom. The van der Waals surface area contributed by atoms with Gasteiger partial charge in [-0.05, 0) is 24.5 Å². The zero-order chi connectivity index (χ0) is 23.2. The zero-order valence-electron chi connectivity index (χ0n) is 16.3. The molecule has 1 aromatic heterocycles. The fraction of sp³-hybridized carbons (Fsp3) is 0.278. The zero-order valence-corrected chi connectivity index (χ0v) is 17.1. The smallest absolute Gasteiger partial charge is 0.416 e. The number of nitrogens with one attached hydrogen (secondary N) is 2. The summed E-state index contributed by atoms with van der Waals surface area (Å²) in [6.45, 7) is 0.639. The Hall–Kier alpha value is -3.53. The maximum absolute atomic E-state index is 12.9. The second-order valence-corrected chi connectivity index (χ2v) is 6.79. The number of nitrogens with two attached hydrogens (primary N) is 1. The third-order valence-corrected chi connectivity index (χ3v) is 4.42. The highest BCUT2D eigenvalue weighted by molar-refractivity contribution is 7.98. The van der Waals surface area contributed by atoms with E-state index in [-0.39, 0.29) is 28.0 Å². The standard InChI is InChI=1S/C18H17F3N6O3S/c1-9(28)30-8-13(25-14-12(7-22)16(31-2)27-17(23)26-14)15(29)24-11-5-3-4-10(6-11)18(19,20)21/h3-6,13H,8H2,1-2H3,(H,24,29)(H3,23,25,26,27)/t13-/m0/s1. The summed E-state index contributed by atoms with van der Waals surface area (Å²) in [4.78, 5) is 31.8. The van der Waals surface area contributed by atoms with E-state index in [1.165, 1.54) is 6.07 Å². The van der Waals surface area contributed by atoms with Crippen molar-refractivity contribution in [2.24, 2.45) is 0 Å². The van der Waals surface area contributed by atoms with E-state index >= 15 is 0 Å². The molecule has 9 nitrogen and oxygen atoms in total. The van der Waals surface area contributed by atoms with E-state index in [1.807, 2.05) is 6.07 Å². The van der Waals surface area contributed by atoms with Gasteiger partial charge in [-0.15, -0.1) is 11.8 Å². The van der Waals surface area contributed by atoms with Crippen molar-refractivity contribution in [2.75, 3.05) is 29.2 Å². The van der Waals surface area contributed by atoms with Gasteiger partial charge in [0.05, 0.1) is 5.56 Å². The van der Waals surface area contributed by atoms with Gasteiger partial charge >= 0.3 is 12.1 Å². The second-order valence-electron chi connectivity index (χ2n) is 5.99. The Morgan fingerprint density at radius 2 is 2.06 bits per heavy atom. The molecule has 0 saturated heterocycles. The summed E-state index contributed by atoms with van der Waals surface area (Å²) in [5, 5.41) is 14.6. The number of halogens is 3. The molecule has 0 aliphatic rings. The first kappa shape index (κ1) is 23.7. The number of aromatic nitrogens is 2. The number of esters is 1. The van der Waals surface area contributed by atoms with Crippen LogP contribution < -0.4 is 16.4 Å². The molecule has 0 bridgehead atoms. The van der Waals surface area contributed by atoms with Crippen molar-refractivity contribution in [3.05, 3.63) is 35.4 Å². The van der Waals surface area contributed by atoms with Crippen LogP contribution in [0.4, 0.5) is 30.6 Å². The van der Waals surface area contributed by atoms with Crippen LogP contribution in [-0.4, -0.2) is 40.7 Å². The topological polar surface area (TPSA) is 143 Å². The normalized spacial score (nSPS) is 11.9. The number of anilines is 3. The molecule has 0 aliphatic heterocycles. The van der Waals surface area contributed by atoms with E-state index in [0.717, 1.165) is 36.9 Å². The third-order valence-electron chi connectivity index (χ3n) is 3.74. The van der Waals surface area contributed by atoms with Crippen molar-refractivity contribution in [2.45, 2.75) is 24.2 Å². The van der Waals surface area contributed by atoms with Gasteiger partial charge in [-0.1, -0.05) is 6.07 Å². The van der Waals surface area contributed by atoms with Crippen LogP contribution in [0.3, 0.4) is 0 Å².